The summed E-state index contributed by atoms with van der Waals surface area (Å²) in [5, 5.41) is 9.01. The topological polar surface area (TPSA) is 20.2 Å². The van der Waals surface area contributed by atoms with Gasteiger partial charge in [0.25, 0.3) is 5.92 Å². The zero-order chi connectivity index (χ0) is 9.78. The summed E-state index contributed by atoms with van der Waals surface area (Å²) in [5.41, 5.74) is -0.417. The molecule has 0 aliphatic rings. The second-order valence-corrected chi connectivity index (χ2v) is 2.39. The lowest BCUT2D eigenvalue weighted by atomic mass is 10.1. The fraction of sp³-hybridized carbons (Fsp3) is 0.333. The van der Waals surface area contributed by atoms with Crippen molar-refractivity contribution >= 4 is 0 Å². The van der Waals surface area contributed by atoms with E-state index in [1.54, 1.807) is 6.92 Å². The Morgan fingerprint density at radius 1 is 1.50 bits per heavy atom. The average Bonchev–Trinajstić information content (AvgIpc) is 1.96. The van der Waals surface area contributed by atoms with Gasteiger partial charge in [-0.25, -0.2) is 8.78 Å². The normalized spacial score (nSPS) is 14.7. The summed E-state index contributed by atoms with van der Waals surface area (Å²) < 4.78 is 25.4. The average molecular weight is 174 g/mol. The highest BCUT2D eigenvalue weighted by Crippen LogP contribution is 2.26. The van der Waals surface area contributed by atoms with Crippen molar-refractivity contribution in [3.05, 3.63) is 36.1 Å². The number of rotatable bonds is 3. The number of alkyl halides is 2. The molecule has 0 saturated heterocycles. The SMILES string of the molecule is C=C/C(O)=C(\C=C/C)C(C)(F)F. The molecule has 0 saturated carbocycles. The van der Waals surface area contributed by atoms with Crippen LogP contribution in [0.15, 0.2) is 36.1 Å². The van der Waals surface area contributed by atoms with E-state index in [-0.39, 0.29) is 0 Å². The Labute approximate surface area is 70.7 Å². The van der Waals surface area contributed by atoms with Gasteiger partial charge in [-0.15, -0.1) is 0 Å². The Hall–Kier alpha value is -1.12. The smallest absolute Gasteiger partial charge is 0.274 e. The van der Waals surface area contributed by atoms with E-state index in [2.05, 4.69) is 6.58 Å². The summed E-state index contributed by atoms with van der Waals surface area (Å²) in [6, 6.07) is 0. The van der Waals surface area contributed by atoms with Gasteiger partial charge in [-0.1, -0.05) is 18.7 Å². The van der Waals surface area contributed by atoms with Crippen LogP contribution in [0, 0.1) is 0 Å². The number of aliphatic hydroxyl groups is 1. The lowest BCUT2D eigenvalue weighted by Crippen LogP contribution is -2.14. The maximum absolute atomic E-state index is 12.7. The molecule has 0 aromatic heterocycles. The summed E-state index contributed by atoms with van der Waals surface area (Å²) in [7, 11) is 0. The molecule has 3 heteroatoms. The zero-order valence-corrected chi connectivity index (χ0v) is 7.14. The third kappa shape index (κ3) is 2.86. The first kappa shape index (κ1) is 10.9. The zero-order valence-electron chi connectivity index (χ0n) is 7.14. The van der Waals surface area contributed by atoms with Gasteiger partial charge in [0.1, 0.15) is 5.76 Å². The van der Waals surface area contributed by atoms with Crippen LogP contribution in [0.4, 0.5) is 8.78 Å². The van der Waals surface area contributed by atoms with E-state index < -0.39 is 17.3 Å². The Morgan fingerprint density at radius 3 is 2.25 bits per heavy atom. The van der Waals surface area contributed by atoms with Crippen molar-refractivity contribution in [3.63, 3.8) is 0 Å². The number of hydrogen-bond donors (Lipinski definition) is 1. The van der Waals surface area contributed by atoms with Crippen LogP contribution < -0.4 is 0 Å². The molecule has 0 aliphatic carbocycles. The maximum atomic E-state index is 12.7. The molecule has 0 atom stereocenters. The molecule has 0 radical (unpaired) electrons. The molecule has 1 N–H and O–H groups in total. The van der Waals surface area contributed by atoms with Crippen LogP contribution in [-0.2, 0) is 0 Å². The number of allylic oxidation sites excluding steroid dienone is 4. The minimum Gasteiger partial charge on any atom is -0.507 e. The van der Waals surface area contributed by atoms with E-state index in [0.717, 1.165) is 19.1 Å². The highest BCUT2D eigenvalue weighted by atomic mass is 19.3. The van der Waals surface area contributed by atoms with Gasteiger partial charge in [-0.05, 0) is 13.0 Å². The van der Waals surface area contributed by atoms with Crippen LogP contribution in [0.5, 0.6) is 0 Å². The molecule has 0 fully saturated rings. The predicted molar refractivity (Wildman–Crippen MR) is 45.3 cm³/mol. The van der Waals surface area contributed by atoms with Crippen LogP contribution in [0.1, 0.15) is 13.8 Å². The van der Waals surface area contributed by atoms with Crippen molar-refractivity contribution in [1.29, 1.82) is 0 Å². The Bertz CT molecular complexity index is 221. The molecule has 0 unspecified atom stereocenters. The van der Waals surface area contributed by atoms with Gasteiger partial charge in [0.2, 0.25) is 0 Å². The van der Waals surface area contributed by atoms with Gasteiger partial charge in [0.15, 0.2) is 0 Å². The van der Waals surface area contributed by atoms with E-state index in [1.165, 1.54) is 6.08 Å². The third-order valence-corrected chi connectivity index (χ3v) is 1.28. The highest BCUT2D eigenvalue weighted by Gasteiger charge is 2.27. The summed E-state index contributed by atoms with van der Waals surface area (Å²) in [4.78, 5) is 0. The molecule has 0 heterocycles. The molecule has 0 spiro atoms. The van der Waals surface area contributed by atoms with Gasteiger partial charge in [0, 0.05) is 6.92 Å². The van der Waals surface area contributed by atoms with Gasteiger partial charge >= 0.3 is 0 Å². The molecule has 1 nitrogen and oxygen atoms in total. The molecule has 12 heavy (non-hydrogen) atoms. The number of aliphatic hydroxyl groups excluding tert-OH is 1. The first-order valence-electron chi connectivity index (χ1n) is 3.50. The van der Waals surface area contributed by atoms with Gasteiger partial charge in [-0.2, -0.15) is 0 Å². The second-order valence-electron chi connectivity index (χ2n) is 2.39. The predicted octanol–water partition coefficient (Wildman–Crippen LogP) is 3.22. The van der Waals surface area contributed by atoms with Gasteiger partial charge in [0.05, 0.1) is 5.57 Å². The van der Waals surface area contributed by atoms with Gasteiger partial charge < -0.3 is 5.11 Å². The highest BCUT2D eigenvalue weighted by molar-refractivity contribution is 5.32. The van der Waals surface area contributed by atoms with Crippen molar-refractivity contribution in [3.8, 4) is 0 Å². The third-order valence-electron chi connectivity index (χ3n) is 1.28. The molecule has 0 aromatic rings. The molecule has 0 amide bonds. The summed E-state index contributed by atoms with van der Waals surface area (Å²) in [5.74, 6) is -3.52. The minimum atomic E-state index is -3.04. The summed E-state index contributed by atoms with van der Waals surface area (Å²) in [6.45, 7) is 5.53. The lowest BCUT2D eigenvalue weighted by molar-refractivity contribution is 0.0634. The Balaban J connectivity index is 5.05. The van der Waals surface area contributed by atoms with Crippen molar-refractivity contribution in [1.82, 2.24) is 0 Å². The monoisotopic (exact) mass is 174 g/mol. The summed E-state index contributed by atoms with van der Waals surface area (Å²) in [6.07, 6.45) is 3.59. The maximum Gasteiger partial charge on any atom is 0.274 e. The van der Waals surface area contributed by atoms with E-state index in [0.29, 0.717) is 0 Å². The van der Waals surface area contributed by atoms with E-state index in [4.69, 9.17) is 5.11 Å². The Kier molecular flexibility index (Phi) is 3.67. The molecular formula is C9H12F2O. The standard InChI is InChI=1S/C9H12F2O/c1-4-6-7(8(12)5-2)9(3,10)11/h4-6,12H,2H2,1,3H3/b6-4-,8-7-. The number of halogens is 2. The van der Waals surface area contributed by atoms with E-state index in [1.807, 2.05) is 0 Å². The lowest BCUT2D eigenvalue weighted by Gasteiger charge is -2.12. The van der Waals surface area contributed by atoms with Crippen LogP contribution in [0.2, 0.25) is 0 Å². The quantitative estimate of drug-likeness (QED) is 0.514. The van der Waals surface area contributed by atoms with Crippen LogP contribution >= 0.6 is 0 Å². The minimum absolute atomic E-state index is 0.417. The van der Waals surface area contributed by atoms with Gasteiger partial charge in [-0.3, -0.25) is 0 Å². The van der Waals surface area contributed by atoms with Crippen molar-refractivity contribution < 1.29 is 13.9 Å². The van der Waals surface area contributed by atoms with Crippen LogP contribution in [-0.4, -0.2) is 11.0 Å². The fourth-order valence-electron chi connectivity index (χ4n) is 0.733. The van der Waals surface area contributed by atoms with E-state index >= 15 is 0 Å². The largest absolute Gasteiger partial charge is 0.507 e. The molecule has 0 bridgehead atoms. The second kappa shape index (κ2) is 4.04. The van der Waals surface area contributed by atoms with Crippen molar-refractivity contribution in [2.75, 3.05) is 0 Å². The molecule has 0 rings (SSSR count). The first-order valence-corrected chi connectivity index (χ1v) is 3.50. The van der Waals surface area contributed by atoms with E-state index in [9.17, 15) is 8.78 Å². The summed E-state index contributed by atoms with van der Waals surface area (Å²) >= 11 is 0. The molecular weight excluding hydrogens is 162 g/mol. The molecule has 0 aromatic carbocycles. The van der Waals surface area contributed by atoms with Crippen LogP contribution in [0.25, 0.3) is 0 Å². The van der Waals surface area contributed by atoms with Crippen molar-refractivity contribution in [2.45, 2.75) is 19.8 Å². The van der Waals surface area contributed by atoms with Crippen LogP contribution in [0.3, 0.4) is 0 Å². The van der Waals surface area contributed by atoms with Crippen molar-refractivity contribution in [2.24, 2.45) is 0 Å². The molecule has 0 aliphatic heterocycles. The number of hydrogen-bond acceptors (Lipinski definition) is 1. The molecule has 68 valence electrons. The fourth-order valence-corrected chi connectivity index (χ4v) is 0.733. The Morgan fingerprint density at radius 2 is 2.00 bits per heavy atom. The first-order chi connectivity index (χ1) is 5.43.